The van der Waals surface area contributed by atoms with Crippen LogP contribution >= 0.6 is 0 Å². The Morgan fingerprint density at radius 2 is 1.80 bits per heavy atom. The number of fused-ring (bicyclic) bond motifs is 1. The predicted octanol–water partition coefficient (Wildman–Crippen LogP) is 3.39. The molecule has 4 nitrogen and oxygen atoms in total. The van der Waals surface area contributed by atoms with Gasteiger partial charge in [0, 0.05) is 11.1 Å². The number of anilines is 2. The van der Waals surface area contributed by atoms with E-state index in [1.807, 2.05) is 48.5 Å². The molecule has 100 valence electrons. The normalized spacial score (nSPS) is 12.2. The number of rotatable bonds is 3. The van der Waals surface area contributed by atoms with E-state index in [9.17, 15) is 0 Å². The van der Waals surface area contributed by atoms with Crippen LogP contribution in [0.25, 0.3) is 10.9 Å². The minimum Gasteiger partial charge on any atom is -0.398 e. The first kappa shape index (κ1) is 12.4. The minimum absolute atomic E-state index is 0.101. The number of para-hydroxylation sites is 1. The van der Waals surface area contributed by atoms with Crippen LogP contribution in [0.1, 0.15) is 18.5 Å². The zero-order valence-electron chi connectivity index (χ0n) is 11.2. The molecule has 1 aromatic heterocycles. The van der Waals surface area contributed by atoms with Gasteiger partial charge >= 0.3 is 0 Å². The van der Waals surface area contributed by atoms with Crippen molar-refractivity contribution in [3.63, 3.8) is 0 Å². The first-order valence-electron chi connectivity index (χ1n) is 6.57. The molecule has 0 saturated heterocycles. The van der Waals surface area contributed by atoms with Crippen LogP contribution in [0.5, 0.6) is 0 Å². The first-order chi connectivity index (χ1) is 9.75. The molecule has 1 atom stereocenters. The highest BCUT2D eigenvalue weighted by atomic mass is 15.1. The van der Waals surface area contributed by atoms with Crippen LogP contribution in [0.15, 0.2) is 54.7 Å². The van der Waals surface area contributed by atoms with Crippen molar-refractivity contribution >= 4 is 22.3 Å². The van der Waals surface area contributed by atoms with Gasteiger partial charge in [-0.05, 0) is 24.6 Å². The Kier molecular flexibility index (Phi) is 3.21. The smallest absolute Gasteiger partial charge is 0.0950 e. The van der Waals surface area contributed by atoms with E-state index >= 15 is 0 Å². The van der Waals surface area contributed by atoms with Crippen LogP contribution in [-0.4, -0.2) is 10.2 Å². The highest BCUT2D eigenvalue weighted by molar-refractivity contribution is 5.90. The zero-order chi connectivity index (χ0) is 13.9. The molecule has 0 fully saturated rings. The van der Waals surface area contributed by atoms with Gasteiger partial charge in [-0.1, -0.05) is 36.4 Å². The van der Waals surface area contributed by atoms with E-state index in [2.05, 4.69) is 22.4 Å². The van der Waals surface area contributed by atoms with Gasteiger partial charge < -0.3 is 11.1 Å². The number of hydrogen-bond donors (Lipinski definition) is 2. The lowest BCUT2D eigenvalue weighted by molar-refractivity contribution is 0.885. The Bertz CT molecular complexity index is 734. The molecule has 4 heteroatoms. The van der Waals surface area contributed by atoms with Crippen molar-refractivity contribution in [1.29, 1.82) is 0 Å². The largest absolute Gasteiger partial charge is 0.398 e. The van der Waals surface area contributed by atoms with Gasteiger partial charge in [0.2, 0.25) is 0 Å². The SMILES string of the molecule is CC(Nc1cnnc2ccccc12)c1ccccc1N. The lowest BCUT2D eigenvalue weighted by Crippen LogP contribution is -2.09. The highest BCUT2D eigenvalue weighted by Gasteiger charge is 2.10. The van der Waals surface area contributed by atoms with E-state index in [4.69, 9.17) is 5.73 Å². The summed E-state index contributed by atoms with van der Waals surface area (Å²) >= 11 is 0. The second kappa shape index (κ2) is 5.17. The van der Waals surface area contributed by atoms with E-state index in [0.717, 1.165) is 27.8 Å². The highest BCUT2D eigenvalue weighted by Crippen LogP contribution is 2.27. The zero-order valence-corrected chi connectivity index (χ0v) is 11.2. The van der Waals surface area contributed by atoms with Crippen molar-refractivity contribution < 1.29 is 0 Å². The lowest BCUT2D eigenvalue weighted by Gasteiger charge is -2.18. The summed E-state index contributed by atoms with van der Waals surface area (Å²) in [7, 11) is 0. The summed E-state index contributed by atoms with van der Waals surface area (Å²) in [5.41, 5.74) is 9.73. The number of nitrogens with zero attached hydrogens (tertiary/aromatic N) is 2. The van der Waals surface area contributed by atoms with Crippen molar-refractivity contribution in [1.82, 2.24) is 10.2 Å². The predicted molar refractivity (Wildman–Crippen MR) is 82.4 cm³/mol. The van der Waals surface area contributed by atoms with E-state index in [0.29, 0.717) is 0 Å². The number of hydrogen-bond acceptors (Lipinski definition) is 4. The van der Waals surface area contributed by atoms with Crippen LogP contribution in [0.3, 0.4) is 0 Å². The molecule has 0 spiro atoms. The Morgan fingerprint density at radius 1 is 1.05 bits per heavy atom. The number of aromatic nitrogens is 2. The van der Waals surface area contributed by atoms with Crippen molar-refractivity contribution in [2.24, 2.45) is 0 Å². The Labute approximate surface area is 117 Å². The van der Waals surface area contributed by atoms with Gasteiger partial charge in [-0.2, -0.15) is 10.2 Å². The van der Waals surface area contributed by atoms with Crippen LogP contribution in [-0.2, 0) is 0 Å². The third kappa shape index (κ3) is 2.28. The van der Waals surface area contributed by atoms with Gasteiger partial charge in [-0.3, -0.25) is 0 Å². The molecule has 0 saturated carbocycles. The van der Waals surface area contributed by atoms with Gasteiger partial charge in [-0.15, -0.1) is 0 Å². The summed E-state index contributed by atoms with van der Waals surface area (Å²) in [6.45, 7) is 2.08. The Balaban J connectivity index is 1.96. The fraction of sp³-hybridized carbons (Fsp3) is 0.125. The van der Waals surface area contributed by atoms with Gasteiger partial charge in [0.25, 0.3) is 0 Å². The van der Waals surface area contributed by atoms with Crippen LogP contribution in [0.4, 0.5) is 11.4 Å². The number of nitrogens with one attached hydrogen (secondary N) is 1. The molecule has 2 aromatic carbocycles. The summed E-state index contributed by atoms with van der Waals surface area (Å²) in [4.78, 5) is 0. The molecule has 0 radical (unpaired) electrons. The fourth-order valence-electron chi connectivity index (χ4n) is 2.34. The molecule has 0 aliphatic heterocycles. The van der Waals surface area contributed by atoms with Crippen molar-refractivity contribution in [3.05, 3.63) is 60.3 Å². The van der Waals surface area contributed by atoms with E-state index in [-0.39, 0.29) is 6.04 Å². The van der Waals surface area contributed by atoms with E-state index < -0.39 is 0 Å². The average Bonchev–Trinajstić information content (AvgIpc) is 2.48. The molecule has 0 amide bonds. The topological polar surface area (TPSA) is 63.8 Å². The van der Waals surface area contributed by atoms with Gasteiger partial charge in [0.1, 0.15) is 0 Å². The van der Waals surface area contributed by atoms with Crippen LogP contribution in [0.2, 0.25) is 0 Å². The van der Waals surface area contributed by atoms with E-state index in [1.165, 1.54) is 0 Å². The fourth-order valence-corrected chi connectivity index (χ4v) is 2.34. The quantitative estimate of drug-likeness (QED) is 0.712. The molecule has 3 rings (SSSR count). The molecule has 0 aliphatic carbocycles. The summed E-state index contributed by atoms with van der Waals surface area (Å²) in [5.74, 6) is 0. The molecule has 3 N–H and O–H groups in total. The molecule has 1 unspecified atom stereocenters. The monoisotopic (exact) mass is 264 g/mol. The van der Waals surface area contributed by atoms with Crippen LogP contribution in [0, 0.1) is 0 Å². The molecule has 3 aromatic rings. The maximum absolute atomic E-state index is 6.02. The summed E-state index contributed by atoms with van der Waals surface area (Å²) in [6.07, 6.45) is 1.75. The molecular weight excluding hydrogens is 248 g/mol. The molecule has 20 heavy (non-hydrogen) atoms. The molecule has 1 heterocycles. The summed E-state index contributed by atoms with van der Waals surface area (Å²) < 4.78 is 0. The molecule has 0 bridgehead atoms. The summed E-state index contributed by atoms with van der Waals surface area (Å²) in [5, 5.41) is 12.7. The van der Waals surface area contributed by atoms with Crippen molar-refractivity contribution in [3.8, 4) is 0 Å². The number of nitrogen functional groups attached to an aromatic ring is 1. The van der Waals surface area contributed by atoms with Gasteiger partial charge in [-0.25, -0.2) is 0 Å². The molecule has 0 aliphatic rings. The van der Waals surface area contributed by atoms with E-state index in [1.54, 1.807) is 6.20 Å². The maximum Gasteiger partial charge on any atom is 0.0950 e. The Morgan fingerprint density at radius 3 is 2.65 bits per heavy atom. The second-order valence-corrected chi connectivity index (χ2v) is 4.77. The Hall–Kier alpha value is -2.62. The third-order valence-electron chi connectivity index (χ3n) is 3.38. The minimum atomic E-state index is 0.101. The lowest BCUT2D eigenvalue weighted by atomic mass is 10.1. The second-order valence-electron chi connectivity index (χ2n) is 4.77. The van der Waals surface area contributed by atoms with Crippen molar-refractivity contribution in [2.75, 3.05) is 11.1 Å². The summed E-state index contributed by atoms with van der Waals surface area (Å²) in [6, 6.07) is 15.9. The first-order valence-corrected chi connectivity index (χ1v) is 6.57. The van der Waals surface area contributed by atoms with Gasteiger partial charge in [0.05, 0.1) is 23.4 Å². The number of benzene rings is 2. The maximum atomic E-state index is 6.02. The van der Waals surface area contributed by atoms with Gasteiger partial charge in [0.15, 0.2) is 0 Å². The standard InChI is InChI=1S/C16H16N4/c1-11(12-6-2-4-8-14(12)17)19-16-10-18-20-15-9-5-3-7-13(15)16/h2-11H,17H2,1H3,(H,19,20). The van der Waals surface area contributed by atoms with Crippen molar-refractivity contribution in [2.45, 2.75) is 13.0 Å². The number of nitrogens with two attached hydrogens (primary N) is 1. The average molecular weight is 264 g/mol. The third-order valence-corrected chi connectivity index (χ3v) is 3.38. The molecular formula is C16H16N4. The van der Waals surface area contributed by atoms with Crippen LogP contribution < -0.4 is 11.1 Å².